The van der Waals surface area contributed by atoms with Crippen molar-refractivity contribution in [2.45, 2.75) is 199 Å². The van der Waals surface area contributed by atoms with E-state index in [1.165, 1.54) is 96.3 Å². The van der Waals surface area contributed by atoms with Crippen molar-refractivity contribution in [1.29, 1.82) is 0 Å². The fraction of sp³-hybridized carbons (Fsp3) is 0.673. The number of unbranched alkanes of at least 4 members (excludes halogenated alkanes) is 17. The number of ether oxygens (including phenoxy) is 2. The first-order valence-corrected chi connectivity index (χ1v) is 24.6. The smallest absolute Gasteiger partial charge is 0.462 e. The van der Waals surface area contributed by atoms with Gasteiger partial charge in [-0.1, -0.05) is 189 Å². The summed E-state index contributed by atoms with van der Waals surface area (Å²) in [6, 6.07) is 0. The average molecular weight is 863 g/mol. The highest BCUT2D eigenvalue weighted by molar-refractivity contribution is 7.46. The van der Waals surface area contributed by atoms with Crippen molar-refractivity contribution < 1.29 is 48.2 Å². The van der Waals surface area contributed by atoms with Gasteiger partial charge in [0.1, 0.15) is 6.61 Å². The van der Waals surface area contributed by atoms with Gasteiger partial charge in [-0.3, -0.25) is 14.1 Å². The number of hydrogen-bond acceptors (Lipinski definition) is 8. The van der Waals surface area contributed by atoms with Gasteiger partial charge in [-0.15, -0.1) is 0 Å². The number of rotatable bonds is 41. The molecule has 0 amide bonds. The summed E-state index contributed by atoms with van der Waals surface area (Å²) in [5, 5.41) is 19.9. The molecule has 0 aliphatic rings. The topological polar surface area (TPSA) is 160 Å². The molecule has 0 radical (unpaired) electrons. The predicted molar refractivity (Wildman–Crippen MR) is 246 cm³/mol. The second kappa shape index (κ2) is 42.8. The average Bonchev–Trinajstić information content (AvgIpc) is 3.21. The highest BCUT2D eigenvalue weighted by Crippen LogP contribution is 2.36. The maximum Gasteiger partial charge on any atom is 0.469 e. The van der Waals surface area contributed by atoms with Gasteiger partial charge < -0.3 is 29.5 Å². The molecule has 0 aromatic carbocycles. The molecule has 0 aliphatic heterocycles. The van der Waals surface area contributed by atoms with E-state index in [1.54, 1.807) is 36.5 Å². The molecule has 0 spiro atoms. The van der Waals surface area contributed by atoms with Crippen LogP contribution in [-0.4, -0.2) is 63.5 Å². The first-order valence-electron chi connectivity index (χ1n) is 23.1. The van der Waals surface area contributed by atoms with Crippen LogP contribution in [0.15, 0.2) is 85.1 Å². The molecule has 344 valence electrons. The molecule has 0 aromatic rings. The SMILES string of the molecule is CC/C=C\C[C@@H](O)/C=C/C=C\C=C\[C@@H](O)C/C=C\C/C=C\CCC(=O)OC[C@H](COP(=O)(O)O)OC(=O)CCCCCCCCCCCCC/C=C\CCCCCCCC. The van der Waals surface area contributed by atoms with Crippen molar-refractivity contribution in [3.05, 3.63) is 85.1 Å². The lowest BCUT2D eigenvalue weighted by Gasteiger charge is -2.18. The number of hydrogen-bond donors (Lipinski definition) is 4. The van der Waals surface area contributed by atoms with Gasteiger partial charge in [0.25, 0.3) is 0 Å². The summed E-state index contributed by atoms with van der Waals surface area (Å²) < 4.78 is 26.3. The maximum atomic E-state index is 12.4. The van der Waals surface area contributed by atoms with Gasteiger partial charge in [0.2, 0.25) is 0 Å². The second-order valence-electron chi connectivity index (χ2n) is 15.4. The molecular formula is C49H83O10P. The summed E-state index contributed by atoms with van der Waals surface area (Å²) in [6.45, 7) is 3.35. The van der Waals surface area contributed by atoms with Crippen LogP contribution in [0.5, 0.6) is 0 Å². The highest BCUT2D eigenvalue weighted by atomic mass is 31.2. The maximum absolute atomic E-state index is 12.4. The Kier molecular flexibility index (Phi) is 40.8. The van der Waals surface area contributed by atoms with E-state index < -0.39 is 44.7 Å². The Bertz CT molecular complexity index is 1280. The molecule has 0 saturated heterocycles. The second-order valence-corrected chi connectivity index (χ2v) is 16.6. The molecule has 0 heterocycles. The van der Waals surface area contributed by atoms with Gasteiger partial charge in [0, 0.05) is 12.8 Å². The summed E-state index contributed by atoms with van der Waals surface area (Å²) in [4.78, 5) is 42.9. The number of phosphoric acid groups is 1. The molecule has 0 saturated carbocycles. The summed E-state index contributed by atoms with van der Waals surface area (Å²) >= 11 is 0. The van der Waals surface area contributed by atoms with Crippen molar-refractivity contribution in [1.82, 2.24) is 0 Å². The molecule has 0 aromatic heterocycles. The number of aliphatic hydroxyl groups is 2. The van der Waals surface area contributed by atoms with Crippen LogP contribution in [0.4, 0.5) is 0 Å². The van der Waals surface area contributed by atoms with E-state index in [0.29, 0.717) is 32.1 Å². The third-order valence-corrected chi connectivity index (χ3v) is 10.1. The zero-order chi connectivity index (χ0) is 44.2. The first kappa shape index (κ1) is 57.1. The zero-order valence-corrected chi connectivity index (χ0v) is 38.2. The molecule has 0 aliphatic carbocycles. The van der Waals surface area contributed by atoms with Crippen LogP contribution in [0.3, 0.4) is 0 Å². The molecule has 3 atom stereocenters. The van der Waals surface area contributed by atoms with E-state index in [2.05, 4.69) is 23.6 Å². The molecule has 10 nitrogen and oxygen atoms in total. The van der Waals surface area contributed by atoms with E-state index in [4.69, 9.17) is 19.3 Å². The summed E-state index contributed by atoms with van der Waals surface area (Å²) in [6.07, 6.45) is 51.0. The monoisotopic (exact) mass is 863 g/mol. The van der Waals surface area contributed by atoms with Crippen LogP contribution in [-0.2, 0) is 28.2 Å². The highest BCUT2D eigenvalue weighted by Gasteiger charge is 2.22. The molecule has 11 heteroatoms. The third kappa shape index (κ3) is 44.7. The number of carbonyl (C=O) groups is 2. The van der Waals surface area contributed by atoms with Crippen LogP contribution in [0.2, 0.25) is 0 Å². The number of esters is 2. The predicted octanol–water partition coefficient (Wildman–Crippen LogP) is 12.3. The lowest BCUT2D eigenvalue weighted by atomic mass is 10.0. The lowest BCUT2D eigenvalue weighted by Crippen LogP contribution is -2.29. The molecule has 0 unspecified atom stereocenters. The minimum atomic E-state index is -4.80. The van der Waals surface area contributed by atoms with Crippen molar-refractivity contribution in [2.75, 3.05) is 13.2 Å². The van der Waals surface area contributed by atoms with Crippen LogP contribution >= 0.6 is 7.82 Å². The van der Waals surface area contributed by atoms with Crippen molar-refractivity contribution in [3.63, 3.8) is 0 Å². The van der Waals surface area contributed by atoms with Gasteiger partial charge in [0.15, 0.2) is 6.10 Å². The van der Waals surface area contributed by atoms with Crippen LogP contribution in [0.1, 0.15) is 181 Å². The Morgan fingerprint density at radius 2 is 1.02 bits per heavy atom. The quantitative estimate of drug-likeness (QED) is 0.0153. The Labute approximate surface area is 364 Å². The Hall–Kier alpha value is -2.85. The normalized spacial score (nSPS) is 14.3. The van der Waals surface area contributed by atoms with Gasteiger partial charge in [-0.2, -0.15) is 0 Å². The Morgan fingerprint density at radius 3 is 1.55 bits per heavy atom. The zero-order valence-electron chi connectivity index (χ0n) is 37.3. The summed E-state index contributed by atoms with van der Waals surface area (Å²) in [5.74, 6) is -1.06. The molecule has 4 N–H and O–H groups in total. The first-order chi connectivity index (χ1) is 29.1. The molecule has 0 fully saturated rings. The van der Waals surface area contributed by atoms with Gasteiger partial charge in [0.05, 0.1) is 18.8 Å². The third-order valence-electron chi connectivity index (χ3n) is 9.58. The molecule has 0 rings (SSSR count). The largest absolute Gasteiger partial charge is 0.469 e. The van der Waals surface area contributed by atoms with Crippen molar-refractivity contribution >= 4 is 19.8 Å². The van der Waals surface area contributed by atoms with Crippen LogP contribution in [0.25, 0.3) is 0 Å². The van der Waals surface area contributed by atoms with E-state index in [-0.39, 0.29) is 19.4 Å². The fourth-order valence-electron chi connectivity index (χ4n) is 6.10. The number of phosphoric ester groups is 1. The molecule has 0 bridgehead atoms. The fourth-order valence-corrected chi connectivity index (χ4v) is 6.46. The summed E-state index contributed by atoms with van der Waals surface area (Å²) in [7, 11) is -4.80. The lowest BCUT2D eigenvalue weighted by molar-refractivity contribution is -0.161. The minimum Gasteiger partial charge on any atom is -0.462 e. The Morgan fingerprint density at radius 1 is 0.533 bits per heavy atom. The van der Waals surface area contributed by atoms with Gasteiger partial charge in [-0.25, -0.2) is 4.57 Å². The van der Waals surface area contributed by atoms with E-state index in [1.807, 2.05) is 43.4 Å². The number of aliphatic hydroxyl groups excluding tert-OH is 2. The van der Waals surface area contributed by atoms with Crippen LogP contribution in [0, 0.1) is 0 Å². The minimum absolute atomic E-state index is 0.0819. The van der Waals surface area contributed by atoms with Gasteiger partial charge >= 0.3 is 19.8 Å². The number of carbonyl (C=O) groups excluding carboxylic acids is 2. The summed E-state index contributed by atoms with van der Waals surface area (Å²) in [5.41, 5.74) is 0. The van der Waals surface area contributed by atoms with Crippen molar-refractivity contribution in [2.24, 2.45) is 0 Å². The van der Waals surface area contributed by atoms with E-state index >= 15 is 0 Å². The molecule has 60 heavy (non-hydrogen) atoms. The van der Waals surface area contributed by atoms with E-state index in [0.717, 1.165) is 25.7 Å². The van der Waals surface area contributed by atoms with Gasteiger partial charge in [-0.05, 0) is 64.2 Å². The molecular weight excluding hydrogens is 780 g/mol. The Balaban J connectivity index is 4.09. The van der Waals surface area contributed by atoms with Crippen molar-refractivity contribution in [3.8, 4) is 0 Å². The standard InChI is InChI=1S/C49H83O10P/c1-3-5-7-8-9-10-11-12-13-14-15-16-17-18-19-20-21-22-23-28-36-42-49(53)59-47(44-58-60(54,55)56)43-57-48(52)41-35-27-25-24-26-32-38-46(51)40-34-30-29-33-39-45(50)37-31-6-4-2/h6,12-13,25-27,29-34,39-40,45-47,50-51H,3-5,7-11,14-24,28,35-38,41-44H2,1-2H3,(H2,54,55,56)/b13-12-,27-25-,30-29-,31-6-,32-26-,39-33+,40-34+/t45-,46+,47-/m1/s1. The van der Waals surface area contributed by atoms with E-state index in [9.17, 15) is 24.4 Å². The van der Waals surface area contributed by atoms with Crippen LogP contribution < -0.4 is 0 Å². The number of allylic oxidation sites excluding steroid dienone is 10.